The molecule has 1 aromatic carbocycles. The molecule has 1 aliphatic heterocycles. The van der Waals surface area contributed by atoms with Crippen molar-refractivity contribution >= 4 is 46.5 Å². The fraction of sp³-hybridized carbons (Fsp3) is 0.250. The number of fused-ring (bicyclic) bond motifs is 2. The van der Waals surface area contributed by atoms with Gasteiger partial charge in [-0.05, 0) is 56.1 Å². The molecule has 5 heterocycles. The first-order chi connectivity index (χ1) is 17.6. The van der Waals surface area contributed by atoms with Crippen molar-refractivity contribution in [3.63, 3.8) is 0 Å². The summed E-state index contributed by atoms with van der Waals surface area (Å²) in [6, 6.07) is 9.13. The molecule has 1 saturated heterocycles. The van der Waals surface area contributed by atoms with Gasteiger partial charge in [0.1, 0.15) is 30.0 Å². The molecule has 4 N–H and O–H groups in total. The van der Waals surface area contributed by atoms with E-state index in [-0.39, 0.29) is 35.9 Å². The molecule has 1 atom stereocenters. The molecule has 0 aliphatic carbocycles. The first kappa shape index (κ1) is 24.4. The van der Waals surface area contributed by atoms with Crippen molar-refractivity contribution in [1.82, 2.24) is 39.7 Å². The van der Waals surface area contributed by atoms with Gasteiger partial charge in [-0.3, -0.25) is 4.79 Å². The molecule has 12 nitrogen and oxygen atoms in total. The number of nitrogen functional groups attached to an aromatic ring is 1. The topological polar surface area (TPSA) is 150 Å². The number of aromatic nitrogens is 7. The highest BCUT2D eigenvalue weighted by Gasteiger charge is 2.26. The molecule has 5 aromatic rings. The second kappa shape index (κ2) is 9.99. The van der Waals surface area contributed by atoms with Crippen molar-refractivity contribution < 1.29 is 9.53 Å². The summed E-state index contributed by atoms with van der Waals surface area (Å²) in [6.45, 7) is 3.63. The van der Waals surface area contributed by atoms with E-state index >= 15 is 0 Å². The normalized spacial score (nSPS) is 15.4. The summed E-state index contributed by atoms with van der Waals surface area (Å²) in [4.78, 5) is 25.9. The Morgan fingerprint density at radius 2 is 2.08 bits per heavy atom. The minimum Gasteiger partial charge on any atom is -0.457 e. The third-order valence-corrected chi connectivity index (χ3v) is 6.26. The molecule has 190 valence electrons. The number of hydrogen-bond donors (Lipinski definition) is 3. The highest BCUT2D eigenvalue weighted by atomic mass is 35.5. The van der Waals surface area contributed by atoms with Crippen LogP contribution in [0, 0.1) is 6.92 Å². The smallest absolute Gasteiger partial charge is 0.277 e. The van der Waals surface area contributed by atoms with Gasteiger partial charge in [-0.15, -0.1) is 12.4 Å². The number of hydrogen-bond acceptors (Lipinski definition) is 9. The molecule has 1 fully saturated rings. The average molecular weight is 521 g/mol. The van der Waals surface area contributed by atoms with E-state index in [4.69, 9.17) is 10.5 Å². The highest BCUT2D eigenvalue weighted by molar-refractivity contribution is 6.13. The maximum Gasteiger partial charge on any atom is 0.277 e. The van der Waals surface area contributed by atoms with E-state index in [0.29, 0.717) is 33.9 Å². The molecule has 37 heavy (non-hydrogen) atoms. The summed E-state index contributed by atoms with van der Waals surface area (Å²) >= 11 is 0. The van der Waals surface area contributed by atoms with E-state index in [0.717, 1.165) is 31.5 Å². The molecule has 0 bridgehead atoms. The van der Waals surface area contributed by atoms with Crippen LogP contribution in [0.5, 0.6) is 11.5 Å². The monoisotopic (exact) mass is 520 g/mol. The van der Waals surface area contributed by atoms with Crippen LogP contribution in [0.25, 0.3) is 16.7 Å². The van der Waals surface area contributed by atoms with Crippen LogP contribution in [-0.2, 0) is 0 Å². The maximum atomic E-state index is 13.3. The first-order valence-corrected chi connectivity index (χ1v) is 11.7. The zero-order valence-corrected chi connectivity index (χ0v) is 20.8. The van der Waals surface area contributed by atoms with E-state index in [1.165, 1.54) is 12.7 Å². The van der Waals surface area contributed by atoms with Crippen LogP contribution in [-0.4, -0.2) is 53.3 Å². The number of ether oxygens (including phenoxy) is 1. The van der Waals surface area contributed by atoms with Gasteiger partial charge in [0.25, 0.3) is 5.91 Å². The molecule has 0 saturated carbocycles. The number of anilines is 2. The molecular formula is C24H25ClN10O2. The zero-order chi connectivity index (χ0) is 24.6. The predicted molar refractivity (Wildman–Crippen MR) is 140 cm³/mol. The quantitative estimate of drug-likeness (QED) is 0.317. The fourth-order valence-corrected chi connectivity index (χ4v) is 4.47. The van der Waals surface area contributed by atoms with Gasteiger partial charge >= 0.3 is 0 Å². The SMILES string of the molecule is Cc1cc(NC(=O)c2nn([C@@H]3CCCNC3)c3ncnc(N)c23)ccc1Oc1ccn2ncnc2c1.Cl. The van der Waals surface area contributed by atoms with Gasteiger partial charge < -0.3 is 21.1 Å². The number of pyridine rings is 1. The Morgan fingerprint density at radius 1 is 1.19 bits per heavy atom. The standard InChI is InChI=1S/C24H24N10O2.ClH/c1-14-9-15(4-5-18(14)36-17-6-8-33-19(10-17)27-13-30-33)31-24(35)21-20-22(25)28-12-29-23(20)34(32-21)16-3-2-7-26-11-16;/h4-6,8-10,12-13,16,26H,2-3,7,11H2,1H3,(H,31,35)(H2,25,28,29);1H/t16-;/m1./s1. The second-order valence-electron chi connectivity index (χ2n) is 8.71. The van der Waals surface area contributed by atoms with Crippen molar-refractivity contribution in [3.05, 3.63) is 60.4 Å². The molecule has 0 radical (unpaired) electrons. The van der Waals surface area contributed by atoms with Crippen LogP contribution < -0.4 is 21.1 Å². The van der Waals surface area contributed by atoms with Gasteiger partial charge in [-0.1, -0.05) is 0 Å². The molecular weight excluding hydrogens is 496 g/mol. The van der Waals surface area contributed by atoms with Crippen molar-refractivity contribution in [2.24, 2.45) is 0 Å². The minimum absolute atomic E-state index is 0. The van der Waals surface area contributed by atoms with Crippen LogP contribution in [0.4, 0.5) is 11.5 Å². The summed E-state index contributed by atoms with van der Waals surface area (Å²) in [5, 5.41) is 15.5. The van der Waals surface area contributed by atoms with E-state index < -0.39 is 0 Å². The molecule has 1 aliphatic rings. The molecule has 6 rings (SSSR count). The lowest BCUT2D eigenvalue weighted by Gasteiger charge is -2.23. The molecule has 0 spiro atoms. The van der Waals surface area contributed by atoms with Gasteiger partial charge in [0, 0.05) is 24.5 Å². The Bertz CT molecular complexity index is 1590. The Hall–Kier alpha value is -4.29. The molecule has 1 amide bonds. The lowest BCUT2D eigenvalue weighted by molar-refractivity contribution is 0.102. The predicted octanol–water partition coefficient (Wildman–Crippen LogP) is 3.15. The maximum absolute atomic E-state index is 13.3. The van der Waals surface area contributed by atoms with Crippen molar-refractivity contribution in [1.29, 1.82) is 0 Å². The van der Waals surface area contributed by atoms with Crippen LogP contribution in [0.2, 0.25) is 0 Å². The Labute approximate surface area is 217 Å². The van der Waals surface area contributed by atoms with Crippen LogP contribution in [0.15, 0.2) is 49.2 Å². The number of carbonyl (C=O) groups excluding carboxylic acids is 1. The average Bonchev–Trinajstić information content (AvgIpc) is 3.51. The van der Waals surface area contributed by atoms with E-state index in [2.05, 4.69) is 35.8 Å². The van der Waals surface area contributed by atoms with E-state index in [1.807, 2.05) is 19.1 Å². The summed E-state index contributed by atoms with van der Waals surface area (Å²) < 4.78 is 9.48. The first-order valence-electron chi connectivity index (χ1n) is 11.7. The number of amides is 1. The number of piperidine rings is 1. The van der Waals surface area contributed by atoms with Crippen LogP contribution in [0.1, 0.15) is 34.9 Å². The largest absolute Gasteiger partial charge is 0.457 e. The number of halogens is 1. The number of nitrogens with one attached hydrogen (secondary N) is 2. The van der Waals surface area contributed by atoms with Gasteiger partial charge in [-0.25, -0.2) is 24.1 Å². The summed E-state index contributed by atoms with van der Waals surface area (Å²) in [6.07, 6.45) is 6.63. The number of carbonyl (C=O) groups is 1. The zero-order valence-electron chi connectivity index (χ0n) is 20.0. The highest BCUT2D eigenvalue weighted by Crippen LogP contribution is 2.30. The Kier molecular flexibility index (Phi) is 6.59. The van der Waals surface area contributed by atoms with Gasteiger partial charge in [0.15, 0.2) is 17.0 Å². The van der Waals surface area contributed by atoms with Gasteiger partial charge in [0.2, 0.25) is 0 Å². The lowest BCUT2D eigenvalue weighted by Crippen LogP contribution is -2.32. The third-order valence-electron chi connectivity index (χ3n) is 6.26. The van der Waals surface area contributed by atoms with Gasteiger partial charge in [-0.2, -0.15) is 10.2 Å². The number of benzene rings is 1. The summed E-state index contributed by atoms with van der Waals surface area (Å²) in [7, 11) is 0. The Morgan fingerprint density at radius 3 is 2.89 bits per heavy atom. The van der Waals surface area contributed by atoms with Gasteiger partial charge in [0.05, 0.1) is 11.4 Å². The van der Waals surface area contributed by atoms with Crippen LogP contribution in [0.3, 0.4) is 0 Å². The van der Waals surface area contributed by atoms with E-state index in [9.17, 15) is 4.79 Å². The number of nitrogens with zero attached hydrogens (tertiary/aromatic N) is 7. The fourth-order valence-electron chi connectivity index (χ4n) is 4.47. The molecule has 0 unspecified atom stereocenters. The van der Waals surface area contributed by atoms with Crippen molar-refractivity contribution in [3.8, 4) is 11.5 Å². The number of aryl methyl sites for hydroxylation is 1. The molecule has 4 aromatic heterocycles. The Balaban J connectivity index is 0.00000280. The number of rotatable bonds is 5. The lowest BCUT2D eigenvalue weighted by atomic mass is 10.1. The second-order valence-corrected chi connectivity index (χ2v) is 8.71. The van der Waals surface area contributed by atoms with Crippen LogP contribution >= 0.6 is 12.4 Å². The molecule has 13 heteroatoms. The minimum atomic E-state index is -0.380. The summed E-state index contributed by atoms with van der Waals surface area (Å²) in [5.41, 5.74) is 9.06. The van der Waals surface area contributed by atoms with Crippen molar-refractivity contribution in [2.45, 2.75) is 25.8 Å². The number of nitrogens with two attached hydrogens (primary N) is 1. The van der Waals surface area contributed by atoms with E-state index in [1.54, 1.807) is 33.6 Å². The summed E-state index contributed by atoms with van der Waals surface area (Å²) in [5.74, 6) is 1.15. The van der Waals surface area contributed by atoms with Crippen molar-refractivity contribution in [2.75, 3.05) is 24.1 Å². The third kappa shape index (κ3) is 4.63.